The molecule has 1 saturated heterocycles. The van der Waals surface area contributed by atoms with Crippen molar-refractivity contribution >= 4 is 0 Å². The minimum atomic E-state index is -4.94. The minimum absolute atomic E-state index is 0.0158. The summed E-state index contributed by atoms with van der Waals surface area (Å²) in [5.74, 6) is -3.12. The summed E-state index contributed by atoms with van der Waals surface area (Å²) >= 11 is 0. The SMILES string of the molecule is CCCC1CCC(CCc2ccc(-c3ccc(C4CO4)c(F)c3F)c(F)c2C(F)(F)F)CC1. The lowest BCUT2D eigenvalue weighted by Gasteiger charge is -2.28. The van der Waals surface area contributed by atoms with E-state index in [9.17, 15) is 22.0 Å². The molecule has 1 atom stereocenters. The van der Waals surface area contributed by atoms with E-state index in [1.807, 2.05) is 0 Å². The summed E-state index contributed by atoms with van der Waals surface area (Å²) < 4.78 is 90.7. The molecule has 4 rings (SSSR count). The number of epoxide rings is 1. The second-order valence-electron chi connectivity index (χ2n) is 9.33. The Hall–Kier alpha value is -2.02. The molecule has 2 aromatic rings. The third kappa shape index (κ3) is 5.23. The van der Waals surface area contributed by atoms with Gasteiger partial charge in [-0.15, -0.1) is 0 Å². The van der Waals surface area contributed by atoms with E-state index in [0.29, 0.717) is 18.3 Å². The van der Waals surface area contributed by atoms with Gasteiger partial charge in [-0.1, -0.05) is 69.7 Å². The summed E-state index contributed by atoms with van der Waals surface area (Å²) in [6, 6.07) is 4.69. The molecule has 0 aromatic heterocycles. The van der Waals surface area contributed by atoms with Crippen LogP contribution in [0.3, 0.4) is 0 Å². The molecule has 0 spiro atoms. The van der Waals surface area contributed by atoms with Crippen LogP contribution in [0, 0.1) is 29.3 Å². The fraction of sp³-hybridized carbons (Fsp3) is 0.538. The van der Waals surface area contributed by atoms with Crippen LogP contribution in [-0.2, 0) is 17.3 Å². The molecule has 0 bridgehead atoms. The zero-order valence-corrected chi connectivity index (χ0v) is 18.6. The summed E-state index contributed by atoms with van der Waals surface area (Å²) in [5.41, 5.74) is -2.65. The Morgan fingerprint density at radius 1 is 0.818 bits per heavy atom. The molecule has 0 radical (unpaired) electrons. The normalized spacial score (nSPS) is 23.1. The Morgan fingerprint density at radius 3 is 1.97 bits per heavy atom. The van der Waals surface area contributed by atoms with Gasteiger partial charge in [0.25, 0.3) is 0 Å². The van der Waals surface area contributed by atoms with Gasteiger partial charge < -0.3 is 4.74 Å². The summed E-state index contributed by atoms with van der Waals surface area (Å²) in [4.78, 5) is 0. The van der Waals surface area contributed by atoms with Crippen LogP contribution in [0.4, 0.5) is 26.3 Å². The molecule has 2 aromatic carbocycles. The number of rotatable bonds is 7. The fourth-order valence-electron chi connectivity index (χ4n) is 5.16. The molecule has 1 heterocycles. The highest BCUT2D eigenvalue weighted by Crippen LogP contribution is 2.42. The molecular formula is C26H28F6O. The maximum Gasteiger partial charge on any atom is 0.419 e. The standard InChI is InChI=1S/C26H28F6O/c1-2-3-15-4-6-16(7-5-15)8-9-17-10-11-18(23(27)22(17)26(30,31)32)19-12-13-20(21-14-33-21)25(29)24(19)28/h10-13,15-16,21H,2-9,14H2,1H3. The largest absolute Gasteiger partial charge is 0.419 e. The molecule has 1 aliphatic heterocycles. The van der Waals surface area contributed by atoms with Gasteiger partial charge in [-0.2, -0.15) is 13.2 Å². The van der Waals surface area contributed by atoms with Crippen molar-refractivity contribution in [1.29, 1.82) is 0 Å². The highest BCUT2D eigenvalue weighted by atomic mass is 19.4. The summed E-state index contributed by atoms with van der Waals surface area (Å²) in [5, 5.41) is 0. The average Bonchev–Trinajstić information content (AvgIpc) is 3.60. The van der Waals surface area contributed by atoms with Crippen LogP contribution >= 0.6 is 0 Å². The molecule has 1 nitrogen and oxygen atoms in total. The zero-order chi connectivity index (χ0) is 23.8. The number of ether oxygens (including phenoxy) is 1. The van der Waals surface area contributed by atoms with Crippen molar-refractivity contribution in [3.63, 3.8) is 0 Å². The molecule has 1 unspecified atom stereocenters. The summed E-state index contributed by atoms with van der Waals surface area (Å²) in [6.07, 6.45) is 1.61. The van der Waals surface area contributed by atoms with Crippen molar-refractivity contribution < 1.29 is 31.1 Å². The monoisotopic (exact) mass is 470 g/mol. The van der Waals surface area contributed by atoms with Gasteiger partial charge in [0, 0.05) is 16.7 Å². The van der Waals surface area contributed by atoms with Crippen LogP contribution in [0.2, 0.25) is 0 Å². The number of halogens is 6. The summed E-state index contributed by atoms with van der Waals surface area (Å²) in [7, 11) is 0. The average molecular weight is 470 g/mol. The van der Waals surface area contributed by atoms with Crippen molar-refractivity contribution in [2.45, 2.75) is 70.6 Å². The zero-order valence-electron chi connectivity index (χ0n) is 18.6. The van der Waals surface area contributed by atoms with Gasteiger partial charge in [-0.3, -0.25) is 0 Å². The van der Waals surface area contributed by atoms with Crippen molar-refractivity contribution in [1.82, 2.24) is 0 Å². The van der Waals surface area contributed by atoms with E-state index < -0.39 is 46.4 Å². The Balaban J connectivity index is 1.58. The van der Waals surface area contributed by atoms with Gasteiger partial charge in [0.1, 0.15) is 11.9 Å². The molecule has 2 fully saturated rings. The van der Waals surface area contributed by atoms with Crippen LogP contribution in [0.15, 0.2) is 24.3 Å². The Kier molecular flexibility index (Phi) is 7.08. The van der Waals surface area contributed by atoms with E-state index in [1.165, 1.54) is 18.6 Å². The van der Waals surface area contributed by atoms with Crippen LogP contribution in [0.5, 0.6) is 0 Å². The Bertz CT molecular complexity index is 987. The lowest BCUT2D eigenvalue weighted by atomic mass is 9.78. The van der Waals surface area contributed by atoms with Crippen molar-refractivity contribution in [2.75, 3.05) is 6.61 Å². The Morgan fingerprint density at radius 2 is 1.39 bits per heavy atom. The molecule has 1 saturated carbocycles. The van der Waals surface area contributed by atoms with E-state index >= 15 is 4.39 Å². The minimum Gasteiger partial charge on any atom is -0.368 e. The number of aryl methyl sites for hydroxylation is 1. The summed E-state index contributed by atoms with van der Waals surface area (Å²) in [6.45, 7) is 2.40. The van der Waals surface area contributed by atoms with E-state index in [1.54, 1.807) is 0 Å². The van der Waals surface area contributed by atoms with Crippen LogP contribution in [0.25, 0.3) is 11.1 Å². The second-order valence-corrected chi connectivity index (χ2v) is 9.33. The van der Waals surface area contributed by atoms with Gasteiger partial charge in [0.05, 0.1) is 12.2 Å². The first-order chi connectivity index (χ1) is 15.7. The van der Waals surface area contributed by atoms with Gasteiger partial charge in [-0.25, -0.2) is 13.2 Å². The molecule has 0 amide bonds. The molecule has 1 aliphatic carbocycles. The lowest BCUT2D eigenvalue weighted by Crippen LogP contribution is -2.17. The van der Waals surface area contributed by atoms with Crippen molar-refractivity contribution in [3.8, 4) is 11.1 Å². The predicted molar refractivity (Wildman–Crippen MR) is 114 cm³/mol. The molecule has 2 aliphatic rings. The molecular weight excluding hydrogens is 442 g/mol. The first kappa shape index (κ1) is 24.1. The number of hydrogen-bond acceptors (Lipinski definition) is 1. The molecule has 7 heteroatoms. The topological polar surface area (TPSA) is 12.5 Å². The van der Waals surface area contributed by atoms with Crippen molar-refractivity contribution in [2.24, 2.45) is 11.8 Å². The second kappa shape index (κ2) is 9.69. The molecule has 0 N–H and O–H groups in total. The lowest BCUT2D eigenvalue weighted by molar-refractivity contribution is -0.140. The van der Waals surface area contributed by atoms with Gasteiger partial charge >= 0.3 is 6.18 Å². The predicted octanol–water partition coefficient (Wildman–Crippen LogP) is 8.40. The smallest absolute Gasteiger partial charge is 0.368 e. The quantitative estimate of drug-likeness (QED) is 0.292. The maximum atomic E-state index is 15.2. The number of alkyl halides is 3. The van der Waals surface area contributed by atoms with Gasteiger partial charge in [0.2, 0.25) is 0 Å². The maximum absolute atomic E-state index is 15.2. The first-order valence-electron chi connectivity index (χ1n) is 11.7. The van der Waals surface area contributed by atoms with E-state index in [4.69, 9.17) is 4.74 Å². The number of benzene rings is 2. The Labute approximate surface area is 190 Å². The molecule has 180 valence electrons. The van der Waals surface area contributed by atoms with E-state index in [-0.39, 0.29) is 24.2 Å². The highest BCUT2D eigenvalue weighted by Gasteiger charge is 2.39. The third-order valence-corrected chi connectivity index (χ3v) is 7.08. The van der Waals surface area contributed by atoms with Crippen LogP contribution in [-0.4, -0.2) is 6.61 Å². The fourth-order valence-corrected chi connectivity index (χ4v) is 5.16. The van der Waals surface area contributed by atoms with Gasteiger partial charge in [0.15, 0.2) is 11.6 Å². The third-order valence-electron chi connectivity index (χ3n) is 7.08. The highest BCUT2D eigenvalue weighted by molar-refractivity contribution is 5.67. The van der Waals surface area contributed by atoms with E-state index in [0.717, 1.165) is 44.2 Å². The van der Waals surface area contributed by atoms with Gasteiger partial charge in [-0.05, 0) is 30.2 Å². The van der Waals surface area contributed by atoms with Crippen molar-refractivity contribution in [3.05, 3.63) is 58.4 Å². The number of hydrogen-bond donors (Lipinski definition) is 0. The van der Waals surface area contributed by atoms with Crippen LogP contribution < -0.4 is 0 Å². The van der Waals surface area contributed by atoms with E-state index in [2.05, 4.69) is 6.92 Å². The molecule has 33 heavy (non-hydrogen) atoms. The first-order valence-corrected chi connectivity index (χ1v) is 11.7. The van der Waals surface area contributed by atoms with Crippen LogP contribution in [0.1, 0.15) is 74.7 Å².